The highest BCUT2D eigenvalue weighted by molar-refractivity contribution is 5.82. The minimum atomic E-state index is -5.18. The summed E-state index contributed by atoms with van der Waals surface area (Å²) in [6, 6.07) is 1.25. The lowest BCUT2D eigenvalue weighted by atomic mass is 9.87. The fraction of sp³-hybridized carbons (Fsp3) is 0.526. The topological polar surface area (TPSA) is 114 Å². The van der Waals surface area contributed by atoms with E-state index in [4.69, 9.17) is 4.74 Å². The number of carboxylic acids is 1. The Morgan fingerprint density at radius 2 is 1.75 bits per heavy atom. The molecule has 0 spiro atoms. The van der Waals surface area contributed by atoms with Gasteiger partial charge in [0, 0.05) is 37.7 Å². The van der Waals surface area contributed by atoms with Crippen molar-refractivity contribution >= 4 is 11.9 Å². The molecule has 1 amide bonds. The van der Waals surface area contributed by atoms with Crippen molar-refractivity contribution in [2.75, 3.05) is 26.7 Å². The summed E-state index contributed by atoms with van der Waals surface area (Å²) in [5.41, 5.74) is -0.805. The minimum Gasteiger partial charge on any atom is -0.481 e. The lowest BCUT2D eigenvalue weighted by Crippen LogP contribution is -2.51. The van der Waals surface area contributed by atoms with Crippen LogP contribution in [0.4, 0.5) is 22.0 Å². The van der Waals surface area contributed by atoms with E-state index in [0.717, 1.165) is 44.1 Å². The molecule has 2 aliphatic heterocycles. The van der Waals surface area contributed by atoms with Crippen LogP contribution in [0.2, 0.25) is 0 Å². The molecule has 52 heavy (non-hydrogen) atoms. The molecule has 3 heterocycles. The van der Waals surface area contributed by atoms with Crippen molar-refractivity contribution in [2.24, 2.45) is 0 Å². The Bertz CT molecular complexity index is 1840. The summed E-state index contributed by atoms with van der Waals surface area (Å²) in [6.45, 7) is 5.69. The molecule has 14 heteroatoms. The molecule has 0 radical (unpaired) electrons. The van der Waals surface area contributed by atoms with E-state index in [0.29, 0.717) is 61.4 Å². The number of amides is 1. The first-order valence-electron chi connectivity index (χ1n) is 17.7. The number of aliphatic carboxylic acids is 1. The number of hydrogen-bond donors (Lipinski definition) is 2. The Balaban J connectivity index is 1.56. The minimum absolute atomic E-state index is 0.0796. The fourth-order valence-electron chi connectivity index (χ4n) is 7.34. The molecule has 1 saturated heterocycles. The van der Waals surface area contributed by atoms with Gasteiger partial charge in [0.25, 0.3) is 0 Å². The summed E-state index contributed by atoms with van der Waals surface area (Å²) in [4.78, 5) is 46.0. The van der Waals surface area contributed by atoms with E-state index >= 15 is 4.39 Å². The summed E-state index contributed by atoms with van der Waals surface area (Å²) in [5, 5.41) is 12.3. The summed E-state index contributed by atoms with van der Waals surface area (Å²) < 4.78 is 80.2. The molecule has 2 bridgehead atoms. The third-order valence-electron chi connectivity index (χ3n) is 10.1. The predicted octanol–water partition coefficient (Wildman–Crippen LogP) is 6.86. The van der Waals surface area contributed by atoms with E-state index in [9.17, 15) is 37.1 Å². The van der Waals surface area contributed by atoms with E-state index in [1.165, 1.54) is 16.7 Å². The van der Waals surface area contributed by atoms with Gasteiger partial charge in [-0.3, -0.25) is 19.1 Å². The van der Waals surface area contributed by atoms with Crippen LogP contribution in [-0.4, -0.2) is 64.3 Å². The molecule has 2 atom stereocenters. The number of carboxylic acid groups (broad SMARTS) is 1. The molecule has 282 valence electrons. The second-order valence-electron chi connectivity index (χ2n) is 13.9. The molecule has 0 unspecified atom stereocenters. The number of aryl methyl sites for hydroxylation is 4. The number of nitrogens with zero attached hydrogens (tertiary/aromatic N) is 3. The smallest absolute Gasteiger partial charge is 0.419 e. The molecule has 2 aromatic carbocycles. The number of rotatable bonds is 8. The van der Waals surface area contributed by atoms with Gasteiger partial charge in [-0.2, -0.15) is 18.2 Å². The maximum atomic E-state index is 16.0. The molecule has 0 aliphatic carbocycles. The van der Waals surface area contributed by atoms with E-state index < -0.39 is 65.0 Å². The van der Waals surface area contributed by atoms with E-state index in [2.05, 4.69) is 15.2 Å². The number of halogens is 5. The first-order valence-corrected chi connectivity index (χ1v) is 17.7. The van der Waals surface area contributed by atoms with Crippen molar-refractivity contribution < 1.29 is 41.4 Å². The quantitative estimate of drug-likeness (QED) is 0.244. The average molecular weight is 733 g/mol. The molecular weight excluding hydrogens is 687 g/mol. The normalized spacial score (nSPS) is 19.5. The molecule has 0 saturated carbocycles. The number of fused-ring (bicyclic) bond motifs is 4. The van der Waals surface area contributed by atoms with Crippen molar-refractivity contribution in [3.05, 3.63) is 86.1 Å². The van der Waals surface area contributed by atoms with Crippen molar-refractivity contribution in [2.45, 2.75) is 102 Å². The second-order valence-corrected chi connectivity index (χ2v) is 13.9. The van der Waals surface area contributed by atoms with Gasteiger partial charge in [0.05, 0.1) is 24.1 Å². The Morgan fingerprint density at radius 1 is 1.04 bits per heavy atom. The van der Waals surface area contributed by atoms with Crippen molar-refractivity contribution in [3.8, 4) is 11.1 Å². The lowest BCUT2D eigenvalue weighted by Gasteiger charge is -2.38. The van der Waals surface area contributed by atoms with Crippen molar-refractivity contribution in [1.82, 2.24) is 19.8 Å². The molecule has 3 aromatic rings. The molecule has 9 nitrogen and oxygen atoms in total. The number of alkyl halides is 3. The Labute approximate surface area is 299 Å². The van der Waals surface area contributed by atoms with Gasteiger partial charge in [0.2, 0.25) is 5.91 Å². The van der Waals surface area contributed by atoms with Crippen LogP contribution in [0.1, 0.15) is 97.0 Å². The molecule has 2 N–H and O–H groups in total. The maximum absolute atomic E-state index is 16.0. The van der Waals surface area contributed by atoms with Gasteiger partial charge in [-0.25, -0.2) is 13.6 Å². The summed E-state index contributed by atoms with van der Waals surface area (Å²) in [6.07, 6.45) is 0.678. The van der Waals surface area contributed by atoms with Crippen LogP contribution >= 0.6 is 0 Å². The Hall–Kier alpha value is -4.17. The van der Waals surface area contributed by atoms with Crippen LogP contribution in [0.15, 0.2) is 35.3 Å². The number of benzene rings is 2. The van der Waals surface area contributed by atoms with Gasteiger partial charge in [-0.05, 0) is 105 Å². The Kier molecular flexibility index (Phi) is 12.5. The van der Waals surface area contributed by atoms with Gasteiger partial charge < -0.3 is 15.2 Å². The first kappa shape index (κ1) is 39.0. The van der Waals surface area contributed by atoms with Crippen molar-refractivity contribution in [3.63, 3.8) is 0 Å². The lowest BCUT2D eigenvalue weighted by molar-refractivity contribution is -0.140. The van der Waals surface area contributed by atoms with Crippen LogP contribution in [0.3, 0.4) is 0 Å². The Morgan fingerprint density at radius 3 is 2.44 bits per heavy atom. The van der Waals surface area contributed by atoms with Gasteiger partial charge >= 0.3 is 17.8 Å². The summed E-state index contributed by atoms with van der Waals surface area (Å²) in [7, 11) is 1.67. The van der Waals surface area contributed by atoms with Crippen LogP contribution < -0.4 is 11.0 Å². The van der Waals surface area contributed by atoms with Gasteiger partial charge in [0.15, 0.2) is 0 Å². The van der Waals surface area contributed by atoms with Crippen LogP contribution in [0.25, 0.3) is 11.1 Å². The number of carbonyl (C=O) groups excluding carboxylic acids is 1. The monoisotopic (exact) mass is 732 g/mol. The highest BCUT2D eigenvalue weighted by Gasteiger charge is 2.38. The molecule has 2 aliphatic rings. The molecule has 1 aromatic heterocycles. The average Bonchev–Trinajstić information content (AvgIpc) is 3.03. The van der Waals surface area contributed by atoms with Gasteiger partial charge in [-0.15, -0.1) is 0 Å². The third-order valence-corrected chi connectivity index (χ3v) is 10.1. The number of nitrogens with one attached hydrogen (secondary N) is 1. The van der Waals surface area contributed by atoms with E-state index in [1.54, 1.807) is 27.2 Å². The molecule has 5 rings (SSSR count). The zero-order valence-electron chi connectivity index (χ0n) is 29.6. The number of carbonyl (C=O) groups is 2. The standard InChI is InChI=1S/C38H45F5N4O5/c1-22-14-27(39)15-24-10-7-5-4-6-8-12-32(47-19-25(23(2)44-37(47)51)11-9-13-46-20-28(21-46)52-3)36(50)45-31(18-33(48)49)29-16-26(34(22)24)17-30(35(29)40)38(41,42)43/h14-17,19,28,31-32H,4-13,18,20-21H2,1-3H3,(H,45,50)(H,48,49)/t31-,32-/m0/s1. The zero-order valence-corrected chi connectivity index (χ0v) is 29.6. The number of aromatic nitrogens is 2. The van der Waals surface area contributed by atoms with Crippen molar-refractivity contribution in [1.29, 1.82) is 0 Å². The van der Waals surface area contributed by atoms with Crippen LogP contribution in [0.5, 0.6) is 0 Å². The number of methoxy groups -OCH3 is 1. The number of ether oxygens (including phenoxy) is 1. The van der Waals surface area contributed by atoms with E-state index in [-0.39, 0.29) is 23.7 Å². The predicted molar refractivity (Wildman–Crippen MR) is 184 cm³/mol. The highest BCUT2D eigenvalue weighted by Crippen LogP contribution is 2.40. The maximum Gasteiger partial charge on any atom is 0.419 e. The summed E-state index contributed by atoms with van der Waals surface area (Å²) >= 11 is 0. The number of hydrogen-bond acceptors (Lipinski definition) is 6. The fourth-order valence-corrected chi connectivity index (χ4v) is 7.34. The zero-order chi connectivity index (χ0) is 37.7. The molecule has 1 fully saturated rings. The van der Waals surface area contributed by atoms with Gasteiger partial charge in [0.1, 0.15) is 17.7 Å². The van der Waals surface area contributed by atoms with Crippen LogP contribution in [0, 0.1) is 25.5 Å². The third kappa shape index (κ3) is 9.24. The summed E-state index contributed by atoms with van der Waals surface area (Å²) in [5.74, 6) is -4.63. The number of likely N-dealkylation sites (tertiary alicyclic amines) is 1. The van der Waals surface area contributed by atoms with E-state index in [1.807, 2.05) is 0 Å². The SMILES string of the molecule is COC1CN(CCCc2cn([C@H]3CCCCCCCc4cc(F)cc(C)c4-c4cc(c(F)c(C(F)(F)F)c4)[C@H](CC(=O)O)NC3=O)c(=O)nc2C)C1. The molecular formula is C38H45F5N4O5. The van der Waals surface area contributed by atoms with Gasteiger partial charge in [-0.1, -0.05) is 25.7 Å². The largest absolute Gasteiger partial charge is 0.481 e. The second kappa shape index (κ2) is 16.7. The highest BCUT2D eigenvalue weighted by atomic mass is 19.4. The van der Waals surface area contributed by atoms with Crippen LogP contribution in [-0.2, 0) is 33.3 Å². The first-order chi connectivity index (χ1) is 24.7.